The highest BCUT2D eigenvalue weighted by atomic mass is 16.1. The third-order valence-electron chi connectivity index (χ3n) is 2.62. The van der Waals surface area contributed by atoms with Crippen LogP contribution in [0.3, 0.4) is 0 Å². The lowest BCUT2D eigenvalue weighted by Gasteiger charge is -2.05. The summed E-state index contributed by atoms with van der Waals surface area (Å²) in [7, 11) is 0. The molecule has 0 saturated heterocycles. The Morgan fingerprint density at radius 3 is 3.00 bits per heavy atom. The van der Waals surface area contributed by atoms with Gasteiger partial charge in [-0.2, -0.15) is 0 Å². The lowest BCUT2D eigenvalue weighted by Crippen LogP contribution is -2.29. The van der Waals surface area contributed by atoms with Crippen LogP contribution in [-0.4, -0.2) is 24.0 Å². The molecule has 1 amide bonds. The van der Waals surface area contributed by atoms with Gasteiger partial charge in [-0.1, -0.05) is 12.1 Å². The first-order valence-electron chi connectivity index (χ1n) is 5.77. The number of carbonyl (C=O) groups is 1. The minimum absolute atomic E-state index is 0.0135. The molecule has 0 bridgehead atoms. The van der Waals surface area contributed by atoms with Crippen molar-refractivity contribution in [3.8, 4) is 0 Å². The summed E-state index contributed by atoms with van der Waals surface area (Å²) in [4.78, 5) is 13.8. The first kappa shape index (κ1) is 11.7. The first-order chi connectivity index (χ1) is 8.25. The van der Waals surface area contributed by atoms with Gasteiger partial charge in [0.25, 0.3) is 0 Å². The molecule has 0 unspecified atom stereocenters. The van der Waals surface area contributed by atoms with E-state index in [4.69, 9.17) is 0 Å². The number of fused-ring (bicyclic) bond motifs is 1. The van der Waals surface area contributed by atoms with Crippen molar-refractivity contribution in [1.29, 1.82) is 0 Å². The van der Waals surface area contributed by atoms with Gasteiger partial charge < -0.3 is 15.6 Å². The summed E-state index contributed by atoms with van der Waals surface area (Å²) in [5.41, 5.74) is 2.40. The molecule has 90 valence electrons. The van der Waals surface area contributed by atoms with E-state index < -0.39 is 0 Å². The van der Waals surface area contributed by atoms with E-state index in [9.17, 15) is 4.79 Å². The van der Waals surface area contributed by atoms with Crippen molar-refractivity contribution in [1.82, 2.24) is 15.6 Å². The molecule has 17 heavy (non-hydrogen) atoms. The van der Waals surface area contributed by atoms with E-state index in [2.05, 4.69) is 39.9 Å². The third kappa shape index (κ3) is 3.32. The molecule has 0 saturated carbocycles. The second-order valence-corrected chi connectivity index (χ2v) is 4.06. The van der Waals surface area contributed by atoms with Gasteiger partial charge >= 0.3 is 0 Å². The number of rotatable bonds is 5. The van der Waals surface area contributed by atoms with Gasteiger partial charge in [0.05, 0.1) is 0 Å². The van der Waals surface area contributed by atoms with Gasteiger partial charge in [-0.25, -0.2) is 0 Å². The van der Waals surface area contributed by atoms with Crippen LogP contribution in [0.5, 0.6) is 0 Å². The molecule has 4 nitrogen and oxygen atoms in total. The molecule has 4 heteroatoms. The summed E-state index contributed by atoms with van der Waals surface area (Å²) >= 11 is 0. The Hall–Kier alpha value is -1.81. The van der Waals surface area contributed by atoms with Crippen LogP contribution in [0.15, 0.2) is 30.5 Å². The lowest BCUT2D eigenvalue weighted by atomic mass is 10.1. The Morgan fingerprint density at radius 1 is 1.29 bits per heavy atom. The number of aromatic nitrogens is 1. The third-order valence-corrected chi connectivity index (χ3v) is 2.62. The van der Waals surface area contributed by atoms with E-state index in [0.717, 1.165) is 18.6 Å². The van der Waals surface area contributed by atoms with Crippen molar-refractivity contribution < 1.29 is 4.79 Å². The molecule has 0 fully saturated rings. The minimum Gasteiger partial charge on any atom is -0.361 e. The van der Waals surface area contributed by atoms with Crippen LogP contribution in [0.2, 0.25) is 0 Å². The van der Waals surface area contributed by atoms with Crippen molar-refractivity contribution >= 4 is 16.8 Å². The summed E-state index contributed by atoms with van der Waals surface area (Å²) in [6, 6.07) is 8.42. The Balaban J connectivity index is 1.80. The number of H-pyrrole nitrogens is 1. The lowest BCUT2D eigenvalue weighted by molar-refractivity contribution is -0.118. The molecule has 0 aliphatic rings. The SMILES string of the molecule is CC(=O)NCCNCc1ccc2cc[nH]c2c1. The molecular formula is C13H17N3O. The topological polar surface area (TPSA) is 56.9 Å². The van der Waals surface area contributed by atoms with Crippen molar-refractivity contribution in [2.75, 3.05) is 13.1 Å². The van der Waals surface area contributed by atoms with Crippen LogP contribution in [0.4, 0.5) is 0 Å². The molecule has 1 aromatic carbocycles. The molecule has 0 radical (unpaired) electrons. The van der Waals surface area contributed by atoms with Crippen molar-refractivity contribution in [3.63, 3.8) is 0 Å². The average Bonchev–Trinajstić information content (AvgIpc) is 2.75. The molecule has 2 aromatic rings. The molecule has 1 aromatic heterocycles. The number of nitrogens with one attached hydrogen (secondary N) is 3. The summed E-state index contributed by atoms with van der Waals surface area (Å²) in [6.07, 6.45) is 1.94. The minimum atomic E-state index is 0.0135. The number of carbonyl (C=O) groups excluding carboxylic acids is 1. The van der Waals surface area contributed by atoms with Crippen LogP contribution in [0.1, 0.15) is 12.5 Å². The molecular weight excluding hydrogens is 214 g/mol. The van der Waals surface area contributed by atoms with E-state index in [0.29, 0.717) is 6.54 Å². The second-order valence-electron chi connectivity index (χ2n) is 4.06. The van der Waals surface area contributed by atoms with Crippen LogP contribution in [0.25, 0.3) is 10.9 Å². The van der Waals surface area contributed by atoms with Crippen molar-refractivity contribution in [2.45, 2.75) is 13.5 Å². The zero-order valence-electron chi connectivity index (χ0n) is 9.92. The van der Waals surface area contributed by atoms with Crippen LogP contribution in [-0.2, 0) is 11.3 Å². The zero-order valence-corrected chi connectivity index (χ0v) is 9.92. The summed E-state index contributed by atoms with van der Waals surface area (Å²) in [5.74, 6) is 0.0135. The van der Waals surface area contributed by atoms with Gasteiger partial charge in [-0.15, -0.1) is 0 Å². The predicted octanol–water partition coefficient (Wildman–Crippen LogP) is 1.39. The fourth-order valence-corrected chi connectivity index (χ4v) is 1.76. The molecule has 1 heterocycles. The fourth-order valence-electron chi connectivity index (χ4n) is 1.76. The maximum atomic E-state index is 10.7. The maximum absolute atomic E-state index is 10.7. The fraction of sp³-hybridized carbons (Fsp3) is 0.308. The number of aromatic amines is 1. The quantitative estimate of drug-likeness (QED) is 0.681. The predicted molar refractivity (Wildman–Crippen MR) is 68.7 cm³/mol. The Bertz CT molecular complexity index is 504. The molecule has 3 N–H and O–H groups in total. The van der Waals surface area contributed by atoms with Gasteiger partial charge in [0.1, 0.15) is 0 Å². The molecule has 0 atom stereocenters. The molecule has 0 spiro atoms. The van der Waals surface area contributed by atoms with E-state index in [-0.39, 0.29) is 5.91 Å². The largest absolute Gasteiger partial charge is 0.361 e. The van der Waals surface area contributed by atoms with Crippen LogP contribution < -0.4 is 10.6 Å². The zero-order chi connectivity index (χ0) is 12.1. The first-order valence-corrected chi connectivity index (χ1v) is 5.77. The molecule has 0 aliphatic heterocycles. The highest BCUT2D eigenvalue weighted by Gasteiger charge is 1.97. The average molecular weight is 231 g/mol. The van der Waals surface area contributed by atoms with E-state index >= 15 is 0 Å². The van der Waals surface area contributed by atoms with E-state index in [1.807, 2.05) is 6.20 Å². The highest BCUT2D eigenvalue weighted by Crippen LogP contribution is 2.13. The summed E-state index contributed by atoms with van der Waals surface area (Å²) < 4.78 is 0. The van der Waals surface area contributed by atoms with Crippen molar-refractivity contribution in [3.05, 3.63) is 36.0 Å². The van der Waals surface area contributed by atoms with Gasteiger partial charge in [0, 0.05) is 38.3 Å². The summed E-state index contributed by atoms with van der Waals surface area (Å²) in [6.45, 7) is 3.79. The second kappa shape index (κ2) is 5.50. The Labute approximate surface area is 100 Å². The number of hydrogen-bond acceptors (Lipinski definition) is 2. The summed E-state index contributed by atoms with van der Waals surface area (Å²) in [5, 5.41) is 7.26. The van der Waals surface area contributed by atoms with Gasteiger partial charge in [0.2, 0.25) is 5.91 Å². The van der Waals surface area contributed by atoms with Gasteiger partial charge in [-0.3, -0.25) is 4.79 Å². The maximum Gasteiger partial charge on any atom is 0.216 e. The smallest absolute Gasteiger partial charge is 0.216 e. The number of amides is 1. The number of hydrogen-bond donors (Lipinski definition) is 3. The van der Waals surface area contributed by atoms with Gasteiger partial charge in [0.15, 0.2) is 0 Å². The normalized spacial score (nSPS) is 10.6. The highest BCUT2D eigenvalue weighted by molar-refractivity contribution is 5.79. The molecule has 2 rings (SSSR count). The van der Waals surface area contributed by atoms with E-state index in [1.165, 1.54) is 17.9 Å². The van der Waals surface area contributed by atoms with Crippen LogP contribution >= 0.6 is 0 Å². The monoisotopic (exact) mass is 231 g/mol. The van der Waals surface area contributed by atoms with Crippen molar-refractivity contribution in [2.24, 2.45) is 0 Å². The number of benzene rings is 1. The van der Waals surface area contributed by atoms with E-state index in [1.54, 1.807) is 0 Å². The Kier molecular flexibility index (Phi) is 3.77. The van der Waals surface area contributed by atoms with Gasteiger partial charge in [-0.05, 0) is 23.1 Å². The molecule has 0 aliphatic carbocycles. The Morgan fingerprint density at radius 2 is 2.18 bits per heavy atom. The van der Waals surface area contributed by atoms with Crippen LogP contribution in [0, 0.1) is 0 Å². The standard InChI is InChI=1S/C13H17N3O/c1-10(17)15-7-6-14-9-11-2-3-12-4-5-16-13(12)8-11/h2-5,8,14,16H,6-7,9H2,1H3,(H,15,17).